The van der Waals surface area contributed by atoms with Gasteiger partial charge < -0.3 is 9.47 Å². The monoisotopic (exact) mass is 612 g/mol. The predicted molar refractivity (Wildman–Crippen MR) is 166 cm³/mol. The molecule has 2 aliphatic heterocycles. The van der Waals surface area contributed by atoms with Crippen molar-refractivity contribution >= 4 is 35.6 Å². The Morgan fingerprint density at radius 2 is 1.07 bits per heavy atom. The molecule has 6 rings (SSSR count). The summed E-state index contributed by atoms with van der Waals surface area (Å²) in [7, 11) is 0. The van der Waals surface area contributed by atoms with E-state index in [1.54, 1.807) is 24.3 Å². The lowest BCUT2D eigenvalue weighted by molar-refractivity contribution is 0.0656. The van der Waals surface area contributed by atoms with Crippen LogP contribution in [0.3, 0.4) is 0 Å². The molecule has 2 aliphatic rings. The molecule has 0 saturated heterocycles. The summed E-state index contributed by atoms with van der Waals surface area (Å²) in [6, 6.07) is 21.7. The molecule has 0 bridgehead atoms. The van der Waals surface area contributed by atoms with Crippen molar-refractivity contribution in [1.29, 1.82) is 0 Å². The van der Waals surface area contributed by atoms with E-state index in [2.05, 4.69) is 13.2 Å². The number of fused-ring (bicyclic) bond motifs is 2. The van der Waals surface area contributed by atoms with Crippen LogP contribution >= 0.6 is 0 Å². The molecular formula is C36H24N2O8. The van der Waals surface area contributed by atoms with E-state index in [-0.39, 0.29) is 58.0 Å². The first-order valence-corrected chi connectivity index (χ1v) is 14.1. The summed E-state index contributed by atoms with van der Waals surface area (Å²) in [5, 5.41) is 0. The van der Waals surface area contributed by atoms with Gasteiger partial charge in [0.2, 0.25) is 0 Å². The first-order chi connectivity index (χ1) is 22.2. The van der Waals surface area contributed by atoms with Crippen molar-refractivity contribution in [2.45, 2.75) is 0 Å². The normalized spacial score (nSPS) is 13.4. The van der Waals surface area contributed by atoms with Gasteiger partial charge in [0.1, 0.15) is 11.5 Å². The molecule has 0 unspecified atom stereocenters. The molecule has 0 spiro atoms. The summed E-state index contributed by atoms with van der Waals surface area (Å²) in [5.41, 5.74) is 1.78. The molecule has 0 aliphatic carbocycles. The van der Waals surface area contributed by atoms with Gasteiger partial charge >= 0.3 is 11.9 Å². The SMILES string of the molecule is C=CCN1C(=O)c2ccc(C(=O)Oc3ccc(OC(=O)c4ccc5c(c4)C(=O)N(CC=C)C5=O)c(-c4ccccc4)c3)cc2C1=O. The van der Waals surface area contributed by atoms with E-state index >= 15 is 0 Å². The summed E-state index contributed by atoms with van der Waals surface area (Å²) in [6.07, 6.45) is 2.88. The Kier molecular flexibility index (Phi) is 7.69. The number of carbonyl (C=O) groups excluding carboxylic acids is 6. The average molecular weight is 613 g/mol. The van der Waals surface area contributed by atoms with Crippen molar-refractivity contribution in [1.82, 2.24) is 9.80 Å². The summed E-state index contributed by atoms with van der Waals surface area (Å²) < 4.78 is 11.4. The fraction of sp³-hybridized carbons (Fsp3) is 0.0556. The number of hydrogen-bond acceptors (Lipinski definition) is 8. The van der Waals surface area contributed by atoms with Gasteiger partial charge in [-0.05, 0) is 60.2 Å². The molecule has 10 heteroatoms. The Morgan fingerprint density at radius 3 is 1.59 bits per heavy atom. The Bertz CT molecular complexity index is 2010. The average Bonchev–Trinajstić information content (AvgIpc) is 3.45. The molecule has 0 radical (unpaired) electrons. The maximum absolute atomic E-state index is 13.3. The fourth-order valence-electron chi connectivity index (χ4n) is 5.25. The van der Waals surface area contributed by atoms with Crippen LogP contribution in [0.2, 0.25) is 0 Å². The van der Waals surface area contributed by atoms with Gasteiger partial charge in [0.05, 0.1) is 33.4 Å². The van der Waals surface area contributed by atoms with E-state index in [0.29, 0.717) is 11.1 Å². The van der Waals surface area contributed by atoms with Gasteiger partial charge in [0, 0.05) is 18.7 Å². The Labute approximate surface area is 262 Å². The molecule has 0 fully saturated rings. The maximum Gasteiger partial charge on any atom is 0.343 e. The molecule has 0 atom stereocenters. The number of nitrogens with zero attached hydrogens (tertiary/aromatic N) is 2. The third kappa shape index (κ3) is 5.17. The summed E-state index contributed by atoms with van der Waals surface area (Å²) >= 11 is 0. The van der Waals surface area contributed by atoms with Gasteiger partial charge in [-0.25, -0.2) is 9.59 Å². The van der Waals surface area contributed by atoms with Gasteiger partial charge in [-0.2, -0.15) is 0 Å². The summed E-state index contributed by atoms with van der Waals surface area (Å²) in [4.78, 5) is 79.0. The zero-order chi connectivity index (χ0) is 32.5. The predicted octanol–water partition coefficient (Wildman–Crippen LogP) is 5.36. The minimum absolute atomic E-state index is 0.0437. The highest BCUT2D eigenvalue weighted by Gasteiger charge is 2.36. The second-order valence-electron chi connectivity index (χ2n) is 10.3. The highest BCUT2D eigenvalue weighted by atomic mass is 16.5. The minimum Gasteiger partial charge on any atom is -0.423 e. The lowest BCUT2D eigenvalue weighted by Gasteiger charge is -2.13. The zero-order valence-electron chi connectivity index (χ0n) is 24.2. The van der Waals surface area contributed by atoms with Gasteiger partial charge in [0.25, 0.3) is 23.6 Å². The van der Waals surface area contributed by atoms with E-state index in [1.165, 1.54) is 66.7 Å². The van der Waals surface area contributed by atoms with Crippen molar-refractivity contribution in [3.05, 3.63) is 144 Å². The number of amides is 4. The maximum atomic E-state index is 13.3. The van der Waals surface area contributed by atoms with Crippen molar-refractivity contribution in [2.24, 2.45) is 0 Å². The van der Waals surface area contributed by atoms with Crippen LogP contribution in [-0.2, 0) is 0 Å². The second-order valence-corrected chi connectivity index (χ2v) is 10.3. The standard InChI is InChI=1S/C36H24N2O8/c1-3-16-37-31(39)25-13-10-22(18-28(25)33(37)41)35(43)45-24-12-15-30(27(20-24)21-8-6-5-7-9-21)46-36(44)23-11-14-26-29(19-23)34(42)38(17-4-2)32(26)40/h3-15,18-20H,1-2,16-17H2. The highest BCUT2D eigenvalue weighted by Crippen LogP contribution is 2.35. The summed E-state index contributed by atoms with van der Waals surface area (Å²) in [6.45, 7) is 7.22. The van der Waals surface area contributed by atoms with Crippen molar-refractivity contribution in [2.75, 3.05) is 13.1 Å². The van der Waals surface area contributed by atoms with Gasteiger partial charge in [-0.15, -0.1) is 13.2 Å². The number of carbonyl (C=O) groups is 6. The molecule has 0 aromatic heterocycles. The molecule has 2 heterocycles. The van der Waals surface area contributed by atoms with Gasteiger partial charge in [0.15, 0.2) is 0 Å². The van der Waals surface area contributed by atoms with E-state index in [9.17, 15) is 28.8 Å². The smallest absolute Gasteiger partial charge is 0.343 e. The van der Waals surface area contributed by atoms with Crippen LogP contribution in [0, 0.1) is 0 Å². The molecule has 0 saturated carbocycles. The molecule has 10 nitrogen and oxygen atoms in total. The Hall–Kier alpha value is -6.42. The topological polar surface area (TPSA) is 127 Å². The fourth-order valence-corrected chi connectivity index (χ4v) is 5.25. The van der Waals surface area contributed by atoms with E-state index in [4.69, 9.17) is 9.47 Å². The van der Waals surface area contributed by atoms with Crippen LogP contribution in [0.5, 0.6) is 11.5 Å². The number of benzene rings is 4. The quantitative estimate of drug-likeness (QED) is 0.107. The lowest BCUT2D eigenvalue weighted by Crippen LogP contribution is -2.29. The molecule has 4 amide bonds. The van der Waals surface area contributed by atoms with E-state index in [0.717, 1.165) is 9.80 Å². The molecule has 226 valence electrons. The van der Waals surface area contributed by atoms with Crippen molar-refractivity contribution < 1.29 is 38.2 Å². The molecule has 46 heavy (non-hydrogen) atoms. The van der Waals surface area contributed by atoms with Crippen LogP contribution < -0.4 is 9.47 Å². The minimum atomic E-state index is -0.769. The number of hydrogen-bond donors (Lipinski definition) is 0. The number of ether oxygens (including phenoxy) is 2. The van der Waals surface area contributed by atoms with Crippen LogP contribution in [0.1, 0.15) is 62.1 Å². The van der Waals surface area contributed by atoms with E-state index < -0.39 is 35.6 Å². The number of rotatable bonds is 9. The molecule has 0 N–H and O–H groups in total. The number of imide groups is 2. The van der Waals surface area contributed by atoms with Crippen LogP contribution in [-0.4, -0.2) is 58.5 Å². The summed E-state index contributed by atoms with van der Waals surface area (Å²) in [5.74, 6) is -3.25. The molecule has 4 aromatic rings. The van der Waals surface area contributed by atoms with Gasteiger partial charge in [-0.3, -0.25) is 29.0 Å². The lowest BCUT2D eigenvalue weighted by atomic mass is 10.0. The third-order valence-electron chi connectivity index (χ3n) is 7.49. The van der Waals surface area contributed by atoms with E-state index in [1.807, 2.05) is 6.07 Å². The third-order valence-corrected chi connectivity index (χ3v) is 7.49. The van der Waals surface area contributed by atoms with Crippen LogP contribution in [0.25, 0.3) is 11.1 Å². The van der Waals surface area contributed by atoms with Crippen molar-refractivity contribution in [3.63, 3.8) is 0 Å². The van der Waals surface area contributed by atoms with Gasteiger partial charge in [-0.1, -0.05) is 42.5 Å². The second kappa shape index (κ2) is 11.9. The van der Waals surface area contributed by atoms with Crippen molar-refractivity contribution in [3.8, 4) is 22.6 Å². The first kappa shape index (κ1) is 29.6. The van der Waals surface area contributed by atoms with Crippen LogP contribution in [0.4, 0.5) is 0 Å². The highest BCUT2D eigenvalue weighted by molar-refractivity contribution is 6.23. The molecule has 4 aromatic carbocycles. The Morgan fingerprint density at radius 1 is 0.565 bits per heavy atom. The first-order valence-electron chi connectivity index (χ1n) is 14.1. The Balaban J connectivity index is 1.26. The molecular weight excluding hydrogens is 588 g/mol. The zero-order valence-corrected chi connectivity index (χ0v) is 24.2. The largest absolute Gasteiger partial charge is 0.423 e. The number of esters is 2. The van der Waals surface area contributed by atoms with Crippen LogP contribution in [0.15, 0.2) is 110 Å².